The maximum Gasteiger partial charge on any atom is 0.220 e. The molecule has 106 valence electrons. The molecule has 1 fully saturated rings. The Labute approximate surface area is 112 Å². The van der Waals surface area contributed by atoms with Crippen molar-refractivity contribution in [3.8, 4) is 0 Å². The van der Waals surface area contributed by atoms with Crippen molar-refractivity contribution in [2.24, 2.45) is 23.5 Å². The zero-order valence-electron chi connectivity index (χ0n) is 12.2. The Balaban J connectivity index is 2.13. The average molecular weight is 254 g/mol. The molecule has 3 heteroatoms. The van der Waals surface area contributed by atoms with Gasteiger partial charge in [0.25, 0.3) is 0 Å². The maximum absolute atomic E-state index is 11.8. The number of rotatable bonds is 6. The van der Waals surface area contributed by atoms with Crippen LogP contribution in [-0.2, 0) is 4.79 Å². The summed E-state index contributed by atoms with van der Waals surface area (Å²) >= 11 is 0. The first-order valence-corrected chi connectivity index (χ1v) is 7.51. The van der Waals surface area contributed by atoms with E-state index in [0.29, 0.717) is 30.2 Å². The molecule has 1 aliphatic carbocycles. The van der Waals surface area contributed by atoms with Gasteiger partial charge in [0.15, 0.2) is 0 Å². The van der Waals surface area contributed by atoms with Crippen molar-refractivity contribution in [3.05, 3.63) is 0 Å². The van der Waals surface area contributed by atoms with E-state index >= 15 is 0 Å². The minimum atomic E-state index is 0.210. The predicted octanol–water partition coefficient (Wildman–Crippen LogP) is 2.69. The molecular formula is C15H30N2O. The van der Waals surface area contributed by atoms with Crippen molar-refractivity contribution >= 4 is 5.91 Å². The highest BCUT2D eigenvalue weighted by molar-refractivity contribution is 5.75. The van der Waals surface area contributed by atoms with Crippen LogP contribution in [0.3, 0.4) is 0 Å². The minimum absolute atomic E-state index is 0.210. The highest BCUT2D eigenvalue weighted by Gasteiger charge is 2.19. The molecule has 0 radical (unpaired) electrons. The molecule has 0 spiro atoms. The first-order chi connectivity index (χ1) is 8.49. The van der Waals surface area contributed by atoms with E-state index in [4.69, 9.17) is 5.73 Å². The summed E-state index contributed by atoms with van der Waals surface area (Å²) in [6.45, 7) is 7.38. The molecule has 1 amide bonds. The molecule has 0 aromatic carbocycles. The minimum Gasteiger partial charge on any atom is -0.356 e. The Morgan fingerprint density at radius 1 is 1.33 bits per heavy atom. The number of carbonyl (C=O) groups is 1. The lowest BCUT2D eigenvalue weighted by molar-refractivity contribution is -0.121. The van der Waals surface area contributed by atoms with Gasteiger partial charge in [-0.05, 0) is 37.0 Å². The molecule has 0 heterocycles. The molecule has 0 aromatic rings. The molecule has 3 unspecified atom stereocenters. The third kappa shape index (κ3) is 5.85. The first-order valence-electron chi connectivity index (χ1n) is 7.51. The Morgan fingerprint density at radius 2 is 2.06 bits per heavy atom. The van der Waals surface area contributed by atoms with Crippen molar-refractivity contribution in [1.82, 2.24) is 5.32 Å². The van der Waals surface area contributed by atoms with Gasteiger partial charge < -0.3 is 11.1 Å². The lowest BCUT2D eigenvalue weighted by Gasteiger charge is -2.26. The molecule has 18 heavy (non-hydrogen) atoms. The molecule has 0 aromatic heterocycles. The zero-order chi connectivity index (χ0) is 13.5. The van der Waals surface area contributed by atoms with E-state index in [1.807, 2.05) is 0 Å². The summed E-state index contributed by atoms with van der Waals surface area (Å²) in [6, 6.07) is 0.368. The van der Waals surface area contributed by atoms with Crippen LogP contribution in [0.1, 0.15) is 59.3 Å². The van der Waals surface area contributed by atoms with E-state index in [0.717, 1.165) is 25.8 Å². The van der Waals surface area contributed by atoms with Gasteiger partial charge in [-0.15, -0.1) is 0 Å². The quantitative estimate of drug-likeness (QED) is 0.765. The molecule has 0 saturated heterocycles. The SMILES string of the molecule is CC(C)C(C)CNC(=O)CCC1CCCC(N)C1. The van der Waals surface area contributed by atoms with Gasteiger partial charge in [-0.25, -0.2) is 0 Å². The average Bonchev–Trinajstić information content (AvgIpc) is 2.33. The van der Waals surface area contributed by atoms with Gasteiger partial charge in [0.05, 0.1) is 0 Å². The molecule has 0 bridgehead atoms. The van der Waals surface area contributed by atoms with Crippen molar-refractivity contribution in [2.45, 2.75) is 65.3 Å². The molecule has 0 aliphatic heterocycles. The van der Waals surface area contributed by atoms with E-state index in [9.17, 15) is 4.79 Å². The summed E-state index contributed by atoms with van der Waals surface area (Å²) in [5, 5.41) is 3.04. The standard InChI is InChI=1S/C15H30N2O/c1-11(2)12(3)10-17-15(18)8-7-13-5-4-6-14(16)9-13/h11-14H,4-10,16H2,1-3H3,(H,17,18). The van der Waals surface area contributed by atoms with Gasteiger partial charge in [0, 0.05) is 19.0 Å². The van der Waals surface area contributed by atoms with Crippen LogP contribution in [0.2, 0.25) is 0 Å². The maximum atomic E-state index is 11.8. The molecule has 1 saturated carbocycles. The van der Waals surface area contributed by atoms with E-state index in [-0.39, 0.29) is 5.91 Å². The highest BCUT2D eigenvalue weighted by Crippen LogP contribution is 2.26. The second kappa shape index (κ2) is 7.78. The second-order valence-corrected chi connectivity index (χ2v) is 6.36. The second-order valence-electron chi connectivity index (χ2n) is 6.36. The van der Waals surface area contributed by atoms with Crippen molar-refractivity contribution in [3.63, 3.8) is 0 Å². The summed E-state index contributed by atoms with van der Waals surface area (Å²) in [4.78, 5) is 11.8. The largest absolute Gasteiger partial charge is 0.356 e. The normalized spacial score (nSPS) is 26.1. The molecule has 3 atom stereocenters. The monoisotopic (exact) mass is 254 g/mol. The van der Waals surface area contributed by atoms with E-state index in [1.165, 1.54) is 12.8 Å². The first kappa shape index (κ1) is 15.5. The fraction of sp³-hybridized carbons (Fsp3) is 0.933. The van der Waals surface area contributed by atoms with Gasteiger partial charge in [0.2, 0.25) is 5.91 Å². The summed E-state index contributed by atoms with van der Waals surface area (Å²) in [5.74, 6) is 2.06. The van der Waals surface area contributed by atoms with Crippen LogP contribution in [0.4, 0.5) is 0 Å². The number of nitrogens with one attached hydrogen (secondary N) is 1. The highest BCUT2D eigenvalue weighted by atomic mass is 16.1. The van der Waals surface area contributed by atoms with Crippen LogP contribution >= 0.6 is 0 Å². The van der Waals surface area contributed by atoms with Crippen molar-refractivity contribution in [2.75, 3.05) is 6.54 Å². The predicted molar refractivity (Wildman–Crippen MR) is 76.2 cm³/mol. The van der Waals surface area contributed by atoms with Crippen molar-refractivity contribution < 1.29 is 4.79 Å². The molecule has 3 N–H and O–H groups in total. The Bertz CT molecular complexity index is 253. The fourth-order valence-electron chi connectivity index (χ4n) is 2.53. The lowest BCUT2D eigenvalue weighted by atomic mass is 9.83. The van der Waals surface area contributed by atoms with Crippen LogP contribution in [0, 0.1) is 17.8 Å². The molecule has 1 aliphatic rings. The fourth-order valence-corrected chi connectivity index (χ4v) is 2.53. The van der Waals surface area contributed by atoms with Crippen LogP contribution in [-0.4, -0.2) is 18.5 Å². The van der Waals surface area contributed by atoms with E-state index in [1.54, 1.807) is 0 Å². The van der Waals surface area contributed by atoms with Crippen LogP contribution in [0.5, 0.6) is 0 Å². The number of hydrogen-bond donors (Lipinski definition) is 2. The van der Waals surface area contributed by atoms with E-state index in [2.05, 4.69) is 26.1 Å². The van der Waals surface area contributed by atoms with Crippen molar-refractivity contribution in [1.29, 1.82) is 0 Å². The lowest BCUT2D eigenvalue weighted by Crippen LogP contribution is -2.31. The smallest absolute Gasteiger partial charge is 0.220 e. The topological polar surface area (TPSA) is 55.1 Å². The van der Waals surface area contributed by atoms with Gasteiger partial charge in [0.1, 0.15) is 0 Å². The number of hydrogen-bond acceptors (Lipinski definition) is 2. The van der Waals surface area contributed by atoms with Gasteiger partial charge in [-0.1, -0.05) is 33.6 Å². The summed E-state index contributed by atoms with van der Waals surface area (Å²) in [5.41, 5.74) is 5.96. The molecular weight excluding hydrogens is 224 g/mol. The van der Waals surface area contributed by atoms with Gasteiger partial charge >= 0.3 is 0 Å². The molecule has 1 rings (SSSR count). The Morgan fingerprint density at radius 3 is 2.67 bits per heavy atom. The van der Waals surface area contributed by atoms with Crippen LogP contribution < -0.4 is 11.1 Å². The summed E-state index contributed by atoms with van der Waals surface area (Å²) in [6.07, 6.45) is 6.43. The van der Waals surface area contributed by atoms with Gasteiger partial charge in [-0.3, -0.25) is 4.79 Å². The Kier molecular flexibility index (Phi) is 6.69. The number of nitrogens with two attached hydrogens (primary N) is 1. The summed E-state index contributed by atoms with van der Waals surface area (Å²) in [7, 11) is 0. The zero-order valence-corrected chi connectivity index (χ0v) is 12.2. The Hall–Kier alpha value is -0.570. The van der Waals surface area contributed by atoms with E-state index < -0.39 is 0 Å². The van der Waals surface area contributed by atoms with Gasteiger partial charge in [-0.2, -0.15) is 0 Å². The van der Waals surface area contributed by atoms with Crippen LogP contribution in [0.25, 0.3) is 0 Å². The number of amides is 1. The number of carbonyl (C=O) groups excluding carboxylic acids is 1. The van der Waals surface area contributed by atoms with Crippen LogP contribution in [0.15, 0.2) is 0 Å². The summed E-state index contributed by atoms with van der Waals surface area (Å²) < 4.78 is 0. The third-order valence-electron chi connectivity index (χ3n) is 4.36. The third-order valence-corrected chi connectivity index (χ3v) is 4.36. The molecule has 3 nitrogen and oxygen atoms in total.